The summed E-state index contributed by atoms with van der Waals surface area (Å²) in [5, 5.41) is 5.76. The lowest BCUT2D eigenvalue weighted by Crippen LogP contribution is -2.34. The summed E-state index contributed by atoms with van der Waals surface area (Å²) in [5.74, 6) is -0.0647. The maximum atomic E-state index is 11.9. The molecule has 0 unspecified atom stereocenters. The Labute approximate surface area is 133 Å². The van der Waals surface area contributed by atoms with Gasteiger partial charge in [-0.25, -0.2) is 0 Å². The summed E-state index contributed by atoms with van der Waals surface area (Å²) in [6.07, 6.45) is 0. The first-order valence-corrected chi connectivity index (χ1v) is 7.50. The van der Waals surface area contributed by atoms with Crippen LogP contribution in [-0.2, 0) is 11.3 Å². The second-order valence-corrected chi connectivity index (χ2v) is 6.69. The van der Waals surface area contributed by atoms with Gasteiger partial charge in [-0.3, -0.25) is 9.59 Å². The van der Waals surface area contributed by atoms with Crippen LogP contribution in [0.1, 0.15) is 36.7 Å². The van der Waals surface area contributed by atoms with Gasteiger partial charge in [0, 0.05) is 30.6 Å². The van der Waals surface area contributed by atoms with Crippen LogP contribution >= 0.6 is 0 Å². The van der Waals surface area contributed by atoms with Gasteiger partial charge in [0.1, 0.15) is 0 Å². The Kier molecular flexibility index (Phi) is 6.56. The molecule has 0 radical (unpaired) electrons. The SMILES string of the molecule is CN(C)CCNC(=O)c1ccc(CNC(=O)C(C)(C)C)cc1. The van der Waals surface area contributed by atoms with Crippen molar-refractivity contribution in [2.24, 2.45) is 5.41 Å². The van der Waals surface area contributed by atoms with Gasteiger partial charge in [0.15, 0.2) is 0 Å². The largest absolute Gasteiger partial charge is 0.352 e. The zero-order chi connectivity index (χ0) is 16.8. The van der Waals surface area contributed by atoms with Crippen LogP contribution < -0.4 is 10.6 Å². The van der Waals surface area contributed by atoms with Gasteiger partial charge >= 0.3 is 0 Å². The van der Waals surface area contributed by atoms with E-state index in [1.165, 1.54) is 0 Å². The maximum absolute atomic E-state index is 11.9. The lowest BCUT2D eigenvalue weighted by molar-refractivity contribution is -0.128. The molecule has 0 aliphatic carbocycles. The van der Waals surface area contributed by atoms with Gasteiger partial charge in [-0.1, -0.05) is 32.9 Å². The molecule has 2 amide bonds. The molecule has 0 bridgehead atoms. The molecule has 2 N–H and O–H groups in total. The third kappa shape index (κ3) is 6.26. The van der Waals surface area contributed by atoms with Crippen LogP contribution in [0.3, 0.4) is 0 Å². The average Bonchev–Trinajstić information content (AvgIpc) is 2.43. The van der Waals surface area contributed by atoms with E-state index in [4.69, 9.17) is 0 Å². The third-order valence-corrected chi connectivity index (χ3v) is 3.19. The first kappa shape index (κ1) is 18.2. The summed E-state index contributed by atoms with van der Waals surface area (Å²) in [6.45, 7) is 7.53. The van der Waals surface area contributed by atoms with Gasteiger partial charge in [0.05, 0.1) is 0 Å². The minimum atomic E-state index is -0.397. The number of carbonyl (C=O) groups excluding carboxylic acids is 2. The number of hydrogen-bond donors (Lipinski definition) is 2. The highest BCUT2D eigenvalue weighted by Crippen LogP contribution is 2.13. The Hall–Kier alpha value is -1.88. The molecule has 0 spiro atoms. The fourth-order valence-electron chi connectivity index (χ4n) is 1.72. The summed E-state index contributed by atoms with van der Waals surface area (Å²) in [7, 11) is 3.93. The fourth-order valence-corrected chi connectivity index (χ4v) is 1.72. The van der Waals surface area contributed by atoms with Gasteiger partial charge < -0.3 is 15.5 Å². The minimum Gasteiger partial charge on any atom is -0.352 e. The van der Waals surface area contributed by atoms with Crippen molar-refractivity contribution in [1.82, 2.24) is 15.5 Å². The van der Waals surface area contributed by atoms with Crippen molar-refractivity contribution < 1.29 is 9.59 Å². The van der Waals surface area contributed by atoms with E-state index in [0.717, 1.165) is 12.1 Å². The van der Waals surface area contributed by atoms with Gasteiger partial charge in [-0.15, -0.1) is 0 Å². The molecule has 0 fully saturated rings. The Bertz CT molecular complexity index is 502. The summed E-state index contributed by atoms with van der Waals surface area (Å²) in [5.41, 5.74) is 1.21. The number of carbonyl (C=O) groups is 2. The summed E-state index contributed by atoms with van der Waals surface area (Å²) >= 11 is 0. The zero-order valence-corrected chi connectivity index (χ0v) is 14.2. The van der Waals surface area contributed by atoms with Crippen LogP contribution in [0.2, 0.25) is 0 Å². The molecule has 0 saturated heterocycles. The molecular formula is C17H27N3O2. The molecule has 0 aliphatic rings. The van der Waals surface area contributed by atoms with Gasteiger partial charge in [-0.05, 0) is 31.8 Å². The molecule has 5 heteroatoms. The molecule has 22 heavy (non-hydrogen) atoms. The van der Waals surface area contributed by atoms with Crippen LogP contribution in [0.15, 0.2) is 24.3 Å². The second kappa shape index (κ2) is 7.94. The van der Waals surface area contributed by atoms with E-state index in [0.29, 0.717) is 18.7 Å². The molecule has 0 aliphatic heterocycles. The molecule has 1 aromatic rings. The van der Waals surface area contributed by atoms with Crippen LogP contribution in [0.4, 0.5) is 0 Å². The number of likely N-dealkylation sites (N-methyl/N-ethyl adjacent to an activating group) is 1. The first-order chi connectivity index (χ1) is 10.2. The number of amides is 2. The quantitative estimate of drug-likeness (QED) is 0.840. The fraction of sp³-hybridized carbons (Fsp3) is 0.529. The molecule has 1 rings (SSSR count). The highest BCUT2D eigenvalue weighted by Gasteiger charge is 2.20. The summed E-state index contributed by atoms with van der Waals surface area (Å²) in [6, 6.07) is 7.29. The second-order valence-electron chi connectivity index (χ2n) is 6.69. The number of rotatable bonds is 6. The first-order valence-electron chi connectivity index (χ1n) is 7.50. The molecule has 0 saturated carbocycles. The van der Waals surface area contributed by atoms with E-state index in [1.54, 1.807) is 12.1 Å². The van der Waals surface area contributed by atoms with Crippen LogP contribution in [0.25, 0.3) is 0 Å². The smallest absolute Gasteiger partial charge is 0.251 e. The van der Waals surface area contributed by atoms with E-state index in [2.05, 4.69) is 10.6 Å². The Morgan fingerprint density at radius 2 is 1.64 bits per heavy atom. The Morgan fingerprint density at radius 3 is 2.14 bits per heavy atom. The zero-order valence-electron chi connectivity index (χ0n) is 14.2. The highest BCUT2D eigenvalue weighted by molar-refractivity contribution is 5.94. The molecule has 1 aromatic carbocycles. The molecule has 5 nitrogen and oxygen atoms in total. The van der Waals surface area contributed by atoms with E-state index in [9.17, 15) is 9.59 Å². The van der Waals surface area contributed by atoms with E-state index < -0.39 is 5.41 Å². The van der Waals surface area contributed by atoms with Gasteiger partial charge in [-0.2, -0.15) is 0 Å². The van der Waals surface area contributed by atoms with Gasteiger partial charge in [0.2, 0.25) is 5.91 Å². The standard InChI is InChI=1S/C17H27N3O2/c1-17(2,3)16(22)19-12-13-6-8-14(9-7-13)15(21)18-10-11-20(4)5/h6-9H,10-12H2,1-5H3,(H,18,21)(H,19,22). The van der Waals surface area contributed by atoms with E-state index in [1.807, 2.05) is 51.9 Å². The van der Waals surface area contributed by atoms with Crippen molar-refractivity contribution in [3.63, 3.8) is 0 Å². The normalized spacial score (nSPS) is 11.4. The van der Waals surface area contributed by atoms with E-state index in [-0.39, 0.29) is 11.8 Å². The molecule has 0 aromatic heterocycles. The van der Waals surface area contributed by atoms with Crippen molar-refractivity contribution in [1.29, 1.82) is 0 Å². The van der Waals surface area contributed by atoms with E-state index >= 15 is 0 Å². The van der Waals surface area contributed by atoms with Crippen molar-refractivity contribution in [2.75, 3.05) is 27.2 Å². The molecule has 122 valence electrons. The Morgan fingerprint density at radius 1 is 1.05 bits per heavy atom. The maximum Gasteiger partial charge on any atom is 0.251 e. The van der Waals surface area contributed by atoms with Gasteiger partial charge in [0.25, 0.3) is 5.91 Å². The number of nitrogens with zero attached hydrogens (tertiary/aromatic N) is 1. The Balaban J connectivity index is 2.49. The predicted octanol–water partition coefficient (Wildman–Crippen LogP) is 1.64. The average molecular weight is 305 g/mol. The predicted molar refractivity (Wildman–Crippen MR) is 88.6 cm³/mol. The lowest BCUT2D eigenvalue weighted by Gasteiger charge is -2.17. The van der Waals surface area contributed by atoms with Crippen molar-refractivity contribution in [3.05, 3.63) is 35.4 Å². The highest BCUT2D eigenvalue weighted by atomic mass is 16.2. The van der Waals surface area contributed by atoms with Crippen LogP contribution in [0, 0.1) is 5.41 Å². The topological polar surface area (TPSA) is 61.4 Å². The van der Waals surface area contributed by atoms with Crippen molar-refractivity contribution in [3.8, 4) is 0 Å². The van der Waals surface area contributed by atoms with Crippen molar-refractivity contribution >= 4 is 11.8 Å². The minimum absolute atomic E-state index is 0.0120. The number of benzene rings is 1. The monoisotopic (exact) mass is 305 g/mol. The molecule has 0 atom stereocenters. The third-order valence-electron chi connectivity index (χ3n) is 3.19. The van der Waals surface area contributed by atoms with Crippen molar-refractivity contribution in [2.45, 2.75) is 27.3 Å². The molecule has 0 heterocycles. The molecular weight excluding hydrogens is 278 g/mol. The van der Waals surface area contributed by atoms with Crippen LogP contribution in [0.5, 0.6) is 0 Å². The number of nitrogens with one attached hydrogen (secondary N) is 2. The van der Waals surface area contributed by atoms with Crippen LogP contribution in [-0.4, -0.2) is 43.9 Å². The summed E-state index contributed by atoms with van der Waals surface area (Å²) < 4.78 is 0. The summed E-state index contributed by atoms with van der Waals surface area (Å²) in [4.78, 5) is 25.8. The number of hydrogen-bond acceptors (Lipinski definition) is 3. The lowest BCUT2D eigenvalue weighted by atomic mass is 9.95.